The van der Waals surface area contributed by atoms with E-state index < -0.39 is 0 Å². The van der Waals surface area contributed by atoms with E-state index in [0.29, 0.717) is 12.0 Å². The van der Waals surface area contributed by atoms with Crippen LogP contribution in [0.3, 0.4) is 0 Å². The maximum atomic E-state index is 4.01. The van der Waals surface area contributed by atoms with E-state index >= 15 is 0 Å². The molecular formula is C11H23N. The fraction of sp³-hybridized carbons (Fsp3) is 0.818. The van der Waals surface area contributed by atoms with Gasteiger partial charge in [-0.05, 0) is 32.2 Å². The predicted molar refractivity (Wildman–Crippen MR) is 56.3 cm³/mol. The van der Waals surface area contributed by atoms with Gasteiger partial charge in [-0.25, -0.2) is 0 Å². The third-order valence-electron chi connectivity index (χ3n) is 3.40. The molecule has 72 valence electrons. The molecule has 0 amide bonds. The molecule has 0 radical (unpaired) electrons. The molecule has 2 atom stereocenters. The SMILES string of the molecule is C=C(C)C(C)C(C)(C)C(C)NC. The zero-order valence-electron chi connectivity index (χ0n) is 9.36. The number of allylic oxidation sites excluding steroid dienone is 1. The van der Waals surface area contributed by atoms with Crippen LogP contribution in [0.4, 0.5) is 0 Å². The number of nitrogens with one attached hydrogen (secondary N) is 1. The molecular weight excluding hydrogens is 146 g/mol. The zero-order valence-corrected chi connectivity index (χ0v) is 9.36. The van der Waals surface area contributed by atoms with Crippen LogP contribution in [0.25, 0.3) is 0 Å². The summed E-state index contributed by atoms with van der Waals surface area (Å²) in [6.07, 6.45) is 0. The standard InChI is InChI=1S/C11H23N/c1-8(2)9(3)11(5,6)10(4)12-7/h9-10,12H,1H2,2-7H3. The van der Waals surface area contributed by atoms with Gasteiger partial charge in [0.25, 0.3) is 0 Å². The molecule has 1 heteroatoms. The average molecular weight is 169 g/mol. The molecule has 0 heterocycles. The number of hydrogen-bond donors (Lipinski definition) is 1. The summed E-state index contributed by atoms with van der Waals surface area (Å²) in [6, 6.07) is 0.518. The summed E-state index contributed by atoms with van der Waals surface area (Å²) in [7, 11) is 2.01. The summed E-state index contributed by atoms with van der Waals surface area (Å²) >= 11 is 0. The van der Waals surface area contributed by atoms with Crippen molar-refractivity contribution in [2.75, 3.05) is 7.05 Å². The quantitative estimate of drug-likeness (QED) is 0.638. The van der Waals surface area contributed by atoms with Crippen molar-refractivity contribution in [3.63, 3.8) is 0 Å². The second-order valence-corrected chi connectivity index (χ2v) is 4.40. The molecule has 0 aromatic rings. The molecule has 0 aromatic heterocycles. The van der Waals surface area contributed by atoms with E-state index in [1.807, 2.05) is 7.05 Å². The summed E-state index contributed by atoms with van der Waals surface area (Å²) in [5, 5.41) is 3.30. The van der Waals surface area contributed by atoms with Crippen molar-refractivity contribution >= 4 is 0 Å². The Hall–Kier alpha value is -0.300. The monoisotopic (exact) mass is 169 g/mol. The summed E-state index contributed by atoms with van der Waals surface area (Å²) < 4.78 is 0. The van der Waals surface area contributed by atoms with E-state index in [-0.39, 0.29) is 5.41 Å². The first-order valence-corrected chi connectivity index (χ1v) is 4.66. The van der Waals surface area contributed by atoms with Crippen molar-refractivity contribution in [1.82, 2.24) is 5.32 Å². The molecule has 0 spiro atoms. The first-order valence-electron chi connectivity index (χ1n) is 4.66. The number of hydrogen-bond acceptors (Lipinski definition) is 1. The predicted octanol–water partition coefficient (Wildman–Crippen LogP) is 2.83. The Kier molecular flexibility index (Phi) is 3.98. The highest BCUT2D eigenvalue weighted by atomic mass is 14.9. The summed E-state index contributed by atoms with van der Waals surface area (Å²) in [4.78, 5) is 0. The molecule has 0 fully saturated rings. The minimum absolute atomic E-state index is 0.278. The van der Waals surface area contributed by atoms with Crippen LogP contribution < -0.4 is 5.32 Å². The van der Waals surface area contributed by atoms with Gasteiger partial charge in [0.05, 0.1) is 0 Å². The van der Waals surface area contributed by atoms with Crippen LogP contribution in [-0.2, 0) is 0 Å². The lowest BCUT2D eigenvalue weighted by atomic mass is 9.72. The Morgan fingerprint density at radius 2 is 1.75 bits per heavy atom. The van der Waals surface area contributed by atoms with Crippen molar-refractivity contribution < 1.29 is 0 Å². The molecule has 0 aromatic carbocycles. The maximum Gasteiger partial charge on any atom is 0.00925 e. The fourth-order valence-electron chi connectivity index (χ4n) is 1.38. The van der Waals surface area contributed by atoms with Gasteiger partial charge in [0.1, 0.15) is 0 Å². The maximum absolute atomic E-state index is 4.01. The van der Waals surface area contributed by atoms with Crippen LogP contribution in [0.2, 0.25) is 0 Å². The van der Waals surface area contributed by atoms with Gasteiger partial charge in [-0.2, -0.15) is 0 Å². The Balaban J connectivity index is 4.48. The molecule has 1 N–H and O–H groups in total. The Bertz CT molecular complexity index is 158. The van der Waals surface area contributed by atoms with Crippen LogP contribution in [-0.4, -0.2) is 13.1 Å². The molecule has 0 saturated carbocycles. The largest absolute Gasteiger partial charge is 0.317 e. The van der Waals surface area contributed by atoms with Crippen molar-refractivity contribution in [2.45, 2.75) is 40.7 Å². The Labute approximate surface area is 77.2 Å². The van der Waals surface area contributed by atoms with Gasteiger partial charge in [-0.15, -0.1) is 0 Å². The van der Waals surface area contributed by atoms with Gasteiger partial charge in [-0.1, -0.05) is 32.9 Å². The smallest absolute Gasteiger partial charge is 0.00925 e. The van der Waals surface area contributed by atoms with Crippen molar-refractivity contribution in [3.8, 4) is 0 Å². The zero-order chi connectivity index (χ0) is 9.94. The van der Waals surface area contributed by atoms with Crippen molar-refractivity contribution in [1.29, 1.82) is 0 Å². The van der Waals surface area contributed by atoms with Gasteiger partial charge in [0.2, 0.25) is 0 Å². The van der Waals surface area contributed by atoms with E-state index in [4.69, 9.17) is 0 Å². The fourth-order valence-corrected chi connectivity index (χ4v) is 1.38. The van der Waals surface area contributed by atoms with Crippen LogP contribution in [0.15, 0.2) is 12.2 Å². The molecule has 12 heavy (non-hydrogen) atoms. The molecule has 0 aliphatic carbocycles. The average Bonchev–Trinajstić information content (AvgIpc) is 2.01. The molecule has 2 unspecified atom stereocenters. The van der Waals surface area contributed by atoms with Gasteiger partial charge >= 0.3 is 0 Å². The highest BCUT2D eigenvalue weighted by Gasteiger charge is 2.31. The van der Waals surface area contributed by atoms with Crippen LogP contribution in [0.1, 0.15) is 34.6 Å². The number of rotatable bonds is 4. The van der Waals surface area contributed by atoms with Crippen LogP contribution >= 0.6 is 0 Å². The van der Waals surface area contributed by atoms with E-state index in [0.717, 1.165) is 0 Å². The van der Waals surface area contributed by atoms with Crippen molar-refractivity contribution in [3.05, 3.63) is 12.2 Å². The highest BCUT2D eigenvalue weighted by molar-refractivity contribution is 5.02. The first kappa shape index (κ1) is 11.7. The summed E-state index contributed by atoms with van der Waals surface area (Å²) in [6.45, 7) is 15.2. The Morgan fingerprint density at radius 1 is 1.33 bits per heavy atom. The van der Waals surface area contributed by atoms with E-state index in [9.17, 15) is 0 Å². The summed E-state index contributed by atoms with van der Waals surface area (Å²) in [5.74, 6) is 0.556. The van der Waals surface area contributed by atoms with E-state index in [1.54, 1.807) is 0 Å². The molecule has 0 rings (SSSR count). The van der Waals surface area contributed by atoms with Gasteiger partial charge in [0, 0.05) is 6.04 Å². The lowest BCUT2D eigenvalue weighted by Gasteiger charge is -2.38. The Morgan fingerprint density at radius 3 is 2.00 bits per heavy atom. The molecule has 0 saturated heterocycles. The highest BCUT2D eigenvalue weighted by Crippen LogP contribution is 2.34. The van der Waals surface area contributed by atoms with Gasteiger partial charge < -0.3 is 5.32 Å². The minimum atomic E-state index is 0.278. The summed E-state index contributed by atoms with van der Waals surface area (Å²) in [5.41, 5.74) is 1.54. The van der Waals surface area contributed by atoms with E-state index in [2.05, 4.69) is 46.5 Å². The van der Waals surface area contributed by atoms with Gasteiger partial charge in [-0.3, -0.25) is 0 Å². The molecule has 0 aliphatic heterocycles. The minimum Gasteiger partial charge on any atom is -0.317 e. The second kappa shape index (κ2) is 4.08. The van der Waals surface area contributed by atoms with Crippen molar-refractivity contribution in [2.24, 2.45) is 11.3 Å². The second-order valence-electron chi connectivity index (χ2n) is 4.40. The topological polar surface area (TPSA) is 12.0 Å². The van der Waals surface area contributed by atoms with Crippen LogP contribution in [0.5, 0.6) is 0 Å². The van der Waals surface area contributed by atoms with E-state index in [1.165, 1.54) is 5.57 Å². The lowest BCUT2D eigenvalue weighted by Crippen LogP contribution is -2.41. The molecule has 0 bridgehead atoms. The van der Waals surface area contributed by atoms with Gasteiger partial charge in [0.15, 0.2) is 0 Å². The normalized spacial score (nSPS) is 17.2. The van der Waals surface area contributed by atoms with Crippen LogP contribution in [0, 0.1) is 11.3 Å². The third kappa shape index (κ3) is 2.34. The lowest BCUT2D eigenvalue weighted by molar-refractivity contribution is 0.195. The molecule has 0 aliphatic rings. The first-order chi connectivity index (χ1) is 5.34. The molecule has 1 nitrogen and oxygen atoms in total. The third-order valence-corrected chi connectivity index (χ3v) is 3.40.